The van der Waals surface area contributed by atoms with Crippen LogP contribution in [0.3, 0.4) is 0 Å². The molecule has 1 aromatic heterocycles. The number of aryl methyl sites for hydroxylation is 1. The van der Waals surface area contributed by atoms with Crippen molar-refractivity contribution in [1.82, 2.24) is 9.55 Å². The van der Waals surface area contributed by atoms with E-state index in [0.29, 0.717) is 10.3 Å². The number of benzene rings is 2. The van der Waals surface area contributed by atoms with Gasteiger partial charge in [0.25, 0.3) is 0 Å². The lowest BCUT2D eigenvalue weighted by Crippen LogP contribution is -1.97. The van der Waals surface area contributed by atoms with E-state index in [-0.39, 0.29) is 0 Å². The molecule has 98 valence electrons. The number of halogens is 1. The van der Waals surface area contributed by atoms with Crippen molar-refractivity contribution in [3.8, 4) is 11.8 Å². The van der Waals surface area contributed by atoms with E-state index in [1.54, 1.807) is 6.07 Å². The summed E-state index contributed by atoms with van der Waals surface area (Å²) in [6.45, 7) is 2.04. The van der Waals surface area contributed by atoms with Crippen molar-refractivity contribution in [2.75, 3.05) is 0 Å². The summed E-state index contributed by atoms with van der Waals surface area (Å²) in [5.41, 5.74) is 4.59. The van der Waals surface area contributed by atoms with E-state index in [2.05, 4.69) is 27.0 Å². The van der Waals surface area contributed by atoms with Crippen LogP contribution in [0.5, 0.6) is 0 Å². The van der Waals surface area contributed by atoms with Gasteiger partial charge in [-0.2, -0.15) is 5.26 Å². The fraction of sp³-hybridized carbons (Fsp3) is 0.0667. The number of nitrogens with one attached hydrogen (secondary N) is 1. The van der Waals surface area contributed by atoms with E-state index in [4.69, 9.17) is 17.5 Å². The van der Waals surface area contributed by atoms with E-state index in [0.717, 1.165) is 26.8 Å². The number of fused-ring (bicyclic) bond motifs is 1. The molecule has 1 N–H and O–H groups in total. The average molecular weight is 344 g/mol. The van der Waals surface area contributed by atoms with E-state index in [9.17, 15) is 0 Å². The largest absolute Gasteiger partial charge is 0.330 e. The number of aromatic nitrogens is 2. The molecule has 0 aliphatic carbocycles. The number of rotatable bonds is 1. The summed E-state index contributed by atoms with van der Waals surface area (Å²) in [6, 6.07) is 13.7. The molecule has 5 heteroatoms. The summed E-state index contributed by atoms with van der Waals surface area (Å²) >= 11 is 8.88. The molecule has 3 rings (SSSR count). The molecule has 0 atom stereocenters. The number of nitrogens with zero attached hydrogens (tertiary/aromatic N) is 2. The third kappa shape index (κ3) is 2.07. The Balaban J connectivity index is 2.38. The fourth-order valence-corrected chi connectivity index (χ4v) is 3.06. The van der Waals surface area contributed by atoms with Gasteiger partial charge in [-0.05, 0) is 61.1 Å². The third-order valence-electron chi connectivity index (χ3n) is 3.21. The number of H-pyrrole nitrogens is 1. The molecule has 20 heavy (non-hydrogen) atoms. The van der Waals surface area contributed by atoms with Gasteiger partial charge in [0, 0.05) is 4.47 Å². The van der Waals surface area contributed by atoms with Crippen LogP contribution >= 0.6 is 28.1 Å². The second-order valence-corrected chi connectivity index (χ2v) is 5.84. The Hall–Kier alpha value is -1.90. The van der Waals surface area contributed by atoms with Crippen molar-refractivity contribution in [3.63, 3.8) is 0 Å². The molecule has 1 heterocycles. The van der Waals surface area contributed by atoms with Gasteiger partial charge in [-0.1, -0.05) is 15.9 Å². The van der Waals surface area contributed by atoms with E-state index < -0.39 is 0 Å². The second kappa shape index (κ2) is 4.89. The van der Waals surface area contributed by atoms with Gasteiger partial charge in [-0.15, -0.1) is 0 Å². The molecule has 0 saturated carbocycles. The van der Waals surface area contributed by atoms with Gasteiger partial charge < -0.3 is 4.98 Å². The van der Waals surface area contributed by atoms with Gasteiger partial charge in [-0.25, -0.2) is 0 Å². The highest BCUT2D eigenvalue weighted by Gasteiger charge is 2.09. The van der Waals surface area contributed by atoms with Gasteiger partial charge in [0.15, 0.2) is 4.77 Å². The topological polar surface area (TPSA) is 44.5 Å². The standard InChI is InChI=1S/C15H10BrN3S/c1-9-6-11(16)3-5-13(9)19-14-7-10(8-17)2-4-12(14)18-15(19)20/h2-7H,1H3,(H,18,20). The van der Waals surface area contributed by atoms with Crippen molar-refractivity contribution < 1.29 is 0 Å². The summed E-state index contributed by atoms with van der Waals surface area (Å²) in [4.78, 5) is 3.18. The second-order valence-electron chi connectivity index (χ2n) is 4.54. The first-order valence-corrected chi connectivity index (χ1v) is 7.21. The Kier molecular flexibility index (Phi) is 3.20. The third-order valence-corrected chi connectivity index (χ3v) is 3.99. The minimum atomic E-state index is 0.620. The van der Waals surface area contributed by atoms with E-state index >= 15 is 0 Å². The predicted molar refractivity (Wildman–Crippen MR) is 85.6 cm³/mol. The van der Waals surface area contributed by atoms with Crippen LogP contribution in [0.4, 0.5) is 0 Å². The maximum absolute atomic E-state index is 9.05. The molecule has 0 radical (unpaired) electrons. The smallest absolute Gasteiger partial charge is 0.182 e. The van der Waals surface area contributed by atoms with Crippen LogP contribution < -0.4 is 0 Å². The number of hydrogen-bond donors (Lipinski definition) is 1. The first-order valence-electron chi connectivity index (χ1n) is 6.01. The van der Waals surface area contributed by atoms with Crippen LogP contribution in [0.25, 0.3) is 16.7 Å². The Bertz CT molecular complexity index is 915. The minimum Gasteiger partial charge on any atom is -0.330 e. The molecule has 0 bridgehead atoms. The van der Waals surface area contributed by atoms with Crippen molar-refractivity contribution >= 4 is 39.2 Å². The lowest BCUT2D eigenvalue weighted by Gasteiger charge is -2.09. The summed E-state index contributed by atoms with van der Waals surface area (Å²) < 4.78 is 3.62. The zero-order chi connectivity index (χ0) is 14.3. The quantitative estimate of drug-likeness (QED) is 0.654. The molecule has 0 aliphatic heterocycles. The van der Waals surface area contributed by atoms with Gasteiger partial charge in [0.05, 0.1) is 28.4 Å². The number of hydrogen-bond acceptors (Lipinski definition) is 2. The lowest BCUT2D eigenvalue weighted by atomic mass is 10.2. The van der Waals surface area contributed by atoms with Crippen molar-refractivity contribution in [2.45, 2.75) is 6.92 Å². The summed E-state index contributed by atoms with van der Waals surface area (Å²) in [5.74, 6) is 0. The molecule has 0 spiro atoms. The first kappa shape index (κ1) is 13.1. The average Bonchev–Trinajstić information content (AvgIpc) is 2.74. The maximum Gasteiger partial charge on any atom is 0.182 e. The van der Waals surface area contributed by atoms with Crippen molar-refractivity contribution in [2.24, 2.45) is 0 Å². The van der Waals surface area contributed by atoms with Gasteiger partial charge in [0.2, 0.25) is 0 Å². The monoisotopic (exact) mass is 343 g/mol. The van der Waals surface area contributed by atoms with Crippen LogP contribution in [-0.4, -0.2) is 9.55 Å². The summed E-state index contributed by atoms with van der Waals surface area (Å²) in [5, 5.41) is 9.05. The highest BCUT2D eigenvalue weighted by molar-refractivity contribution is 9.10. The van der Waals surface area contributed by atoms with Crippen LogP contribution in [0, 0.1) is 23.0 Å². The fourth-order valence-electron chi connectivity index (χ4n) is 2.28. The van der Waals surface area contributed by atoms with Crippen molar-refractivity contribution in [3.05, 3.63) is 56.8 Å². The highest BCUT2D eigenvalue weighted by atomic mass is 79.9. The summed E-state index contributed by atoms with van der Waals surface area (Å²) in [7, 11) is 0. The number of nitriles is 1. The highest BCUT2D eigenvalue weighted by Crippen LogP contribution is 2.25. The molecule has 0 aliphatic rings. The molecular weight excluding hydrogens is 334 g/mol. The summed E-state index contributed by atoms with van der Waals surface area (Å²) in [6.07, 6.45) is 0. The maximum atomic E-state index is 9.05. The molecular formula is C15H10BrN3S. The zero-order valence-electron chi connectivity index (χ0n) is 10.6. The van der Waals surface area contributed by atoms with Gasteiger partial charge in [0.1, 0.15) is 0 Å². The Morgan fingerprint density at radius 2 is 2.05 bits per heavy atom. The zero-order valence-corrected chi connectivity index (χ0v) is 13.0. The molecule has 0 unspecified atom stereocenters. The van der Waals surface area contributed by atoms with Gasteiger partial charge in [-0.3, -0.25) is 4.57 Å². The van der Waals surface area contributed by atoms with Crippen molar-refractivity contribution in [1.29, 1.82) is 5.26 Å². The van der Waals surface area contributed by atoms with Gasteiger partial charge >= 0.3 is 0 Å². The molecule has 0 saturated heterocycles. The molecule has 2 aromatic carbocycles. The SMILES string of the molecule is Cc1cc(Br)ccc1-n1c(=S)[nH]c2ccc(C#N)cc21. The number of imidazole rings is 1. The molecule has 3 nitrogen and oxygen atoms in total. The minimum absolute atomic E-state index is 0.620. The molecule has 0 amide bonds. The van der Waals surface area contributed by atoms with Crippen LogP contribution in [0.1, 0.15) is 11.1 Å². The molecule has 0 fully saturated rings. The first-order chi connectivity index (χ1) is 9.60. The Morgan fingerprint density at radius 3 is 2.75 bits per heavy atom. The van der Waals surface area contributed by atoms with Crippen LogP contribution in [-0.2, 0) is 0 Å². The molecule has 3 aromatic rings. The Morgan fingerprint density at radius 1 is 1.25 bits per heavy atom. The van der Waals surface area contributed by atoms with E-state index in [1.807, 2.05) is 41.8 Å². The van der Waals surface area contributed by atoms with Crippen LogP contribution in [0.15, 0.2) is 40.9 Å². The number of aromatic amines is 1. The predicted octanol–water partition coefficient (Wildman–Crippen LogP) is 4.63. The van der Waals surface area contributed by atoms with Crippen LogP contribution in [0.2, 0.25) is 0 Å². The Labute approximate surface area is 129 Å². The normalized spacial score (nSPS) is 10.7. The van der Waals surface area contributed by atoms with E-state index in [1.165, 1.54) is 0 Å². The lowest BCUT2D eigenvalue weighted by molar-refractivity contribution is 1.05.